The second-order valence-corrected chi connectivity index (χ2v) is 3.52. The Kier molecular flexibility index (Phi) is 3.49. The number of carbonyl (C=O) groups is 1. The highest BCUT2D eigenvalue weighted by Gasteiger charge is 2.08. The van der Waals surface area contributed by atoms with Crippen molar-refractivity contribution >= 4 is 34.8 Å². The summed E-state index contributed by atoms with van der Waals surface area (Å²) in [6.45, 7) is 5.13. The number of nitrogens with one attached hydrogen (secondary N) is 1. The number of halogens is 2. The molecular weight excluding hydrogens is 223 g/mol. The second-order valence-electron chi connectivity index (χ2n) is 2.71. The molecule has 1 N–H and O–H groups in total. The van der Waals surface area contributed by atoms with Gasteiger partial charge in [-0.05, 0) is 18.6 Å². The fourth-order valence-corrected chi connectivity index (χ4v) is 1.03. The molecule has 0 aliphatic rings. The Morgan fingerprint density at radius 2 is 2.29 bits per heavy atom. The molecule has 1 aromatic rings. The fraction of sp³-hybridized carbons (Fsp3) is 0.111. The van der Waals surface area contributed by atoms with Gasteiger partial charge >= 0.3 is 0 Å². The number of aromatic nitrogens is 1. The highest BCUT2D eigenvalue weighted by Crippen LogP contribution is 2.20. The maximum absolute atomic E-state index is 11.1. The van der Waals surface area contributed by atoms with E-state index in [1.165, 1.54) is 0 Å². The predicted octanol–water partition coefficient (Wildman–Crippen LogP) is 2.73. The Labute approximate surface area is 91.7 Å². The number of aryl methyl sites for hydroxylation is 1. The Hall–Kier alpha value is -1.06. The summed E-state index contributed by atoms with van der Waals surface area (Å²) in [4.78, 5) is 15.0. The first-order valence-corrected chi connectivity index (χ1v) is 4.54. The van der Waals surface area contributed by atoms with Gasteiger partial charge in [0.15, 0.2) is 5.15 Å². The average Bonchev–Trinajstić information content (AvgIpc) is 2.11. The minimum atomic E-state index is -0.485. The highest BCUT2D eigenvalue weighted by molar-refractivity contribution is 6.43. The molecule has 0 fully saturated rings. The van der Waals surface area contributed by atoms with Crippen LogP contribution in [0.2, 0.25) is 5.15 Å². The lowest BCUT2D eigenvalue weighted by Crippen LogP contribution is -2.11. The van der Waals surface area contributed by atoms with E-state index in [1.807, 2.05) is 6.92 Å². The molecule has 5 heteroatoms. The summed E-state index contributed by atoms with van der Waals surface area (Å²) < 4.78 is 0. The molecule has 0 saturated carbocycles. The SMILES string of the molecule is C=C(Cl)C(=O)Nc1cc(C)cnc1Cl. The van der Waals surface area contributed by atoms with Crippen LogP contribution in [0.4, 0.5) is 5.69 Å². The molecule has 0 bridgehead atoms. The van der Waals surface area contributed by atoms with Crippen molar-refractivity contribution in [2.45, 2.75) is 6.92 Å². The third-order valence-corrected chi connectivity index (χ3v) is 1.94. The van der Waals surface area contributed by atoms with Gasteiger partial charge in [0.2, 0.25) is 0 Å². The summed E-state index contributed by atoms with van der Waals surface area (Å²) in [6.07, 6.45) is 1.60. The van der Waals surface area contributed by atoms with Crippen LogP contribution >= 0.6 is 23.2 Å². The topological polar surface area (TPSA) is 42.0 Å². The highest BCUT2D eigenvalue weighted by atomic mass is 35.5. The van der Waals surface area contributed by atoms with Crippen molar-refractivity contribution in [1.29, 1.82) is 0 Å². The van der Waals surface area contributed by atoms with Gasteiger partial charge in [0.05, 0.1) is 10.7 Å². The van der Waals surface area contributed by atoms with Gasteiger partial charge in [0, 0.05) is 6.20 Å². The van der Waals surface area contributed by atoms with Crippen molar-refractivity contribution in [3.63, 3.8) is 0 Å². The molecule has 0 atom stereocenters. The Morgan fingerprint density at radius 1 is 1.64 bits per heavy atom. The number of rotatable bonds is 2. The van der Waals surface area contributed by atoms with E-state index in [2.05, 4.69) is 16.9 Å². The van der Waals surface area contributed by atoms with Gasteiger partial charge in [0.25, 0.3) is 5.91 Å². The van der Waals surface area contributed by atoms with E-state index >= 15 is 0 Å². The lowest BCUT2D eigenvalue weighted by molar-refractivity contribution is -0.112. The van der Waals surface area contributed by atoms with Crippen molar-refractivity contribution in [2.24, 2.45) is 0 Å². The lowest BCUT2D eigenvalue weighted by Gasteiger charge is -2.05. The number of nitrogens with zero attached hydrogens (tertiary/aromatic N) is 1. The predicted molar refractivity (Wildman–Crippen MR) is 57.6 cm³/mol. The van der Waals surface area contributed by atoms with E-state index in [4.69, 9.17) is 23.2 Å². The zero-order chi connectivity index (χ0) is 10.7. The molecule has 0 aromatic carbocycles. The molecule has 3 nitrogen and oxygen atoms in total. The summed E-state index contributed by atoms with van der Waals surface area (Å²) in [5.41, 5.74) is 1.32. The number of carbonyl (C=O) groups excluding carboxylic acids is 1. The van der Waals surface area contributed by atoms with Crippen LogP contribution in [0.5, 0.6) is 0 Å². The fourth-order valence-electron chi connectivity index (χ4n) is 0.830. The van der Waals surface area contributed by atoms with Crippen LogP contribution in [0.25, 0.3) is 0 Å². The molecule has 0 unspecified atom stereocenters. The van der Waals surface area contributed by atoms with E-state index < -0.39 is 5.91 Å². The molecule has 1 heterocycles. The first-order chi connectivity index (χ1) is 6.50. The molecule has 74 valence electrons. The van der Waals surface area contributed by atoms with Crippen molar-refractivity contribution in [3.8, 4) is 0 Å². The molecule has 1 rings (SSSR count). The summed E-state index contributed by atoms with van der Waals surface area (Å²) in [5.74, 6) is -0.485. The maximum atomic E-state index is 11.1. The number of anilines is 1. The Bertz CT molecular complexity index is 390. The van der Waals surface area contributed by atoms with Crippen molar-refractivity contribution in [1.82, 2.24) is 4.98 Å². The van der Waals surface area contributed by atoms with Crippen LogP contribution in [-0.2, 0) is 4.79 Å². The summed E-state index contributed by atoms with van der Waals surface area (Å²) in [5, 5.41) is 2.61. The second kappa shape index (κ2) is 4.44. The van der Waals surface area contributed by atoms with Crippen LogP contribution in [0.1, 0.15) is 5.56 Å². The molecule has 0 radical (unpaired) electrons. The zero-order valence-corrected chi connectivity index (χ0v) is 8.99. The number of hydrogen-bond acceptors (Lipinski definition) is 2. The zero-order valence-electron chi connectivity index (χ0n) is 7.47. The van der Waals surface area contributed by atoms with Gasteiger partial charge in [-0.25, -0.2) is 4.98 Å². The molecular formula is C9H8Cl2N2O. The third kappa shape index (κ3) is 2.72. The standard InChI is InChI=1S/C9H8Cl2N2O/c1-5-3-7(8(11)12-4-5)13-9(14)6(2)10/h3-4H,2H2,1H3,(H,13,14). The summed E-state index contributed by atoms with van der Waals surface area (Å²) in [7, 11) is 0. The van der Waals surface area contributed by atoms with Crippen molar-refractivity contribution in [2.75, 3.05) is 5.32 Å². The van der Waals surface area contributed by atoms with E-state index in [9.17, 15) is 4.79 Å². The Balaban J connectivity index is 2.91. The first kappa shape index (κ1) is 11.0. The van der Waals surface area contributed by atoms with Crippen molar-refractivity contribution in [3.05, 3.63) is 34.6 Å². The Morgan fingerprint density at radius 3 is 2.86 bits per heavy atom. The monoisotopic (exact) mass is 230 g/mol. The van der Waals surface area contributed by atoms with Crippen LogP contribution in [0.3, 0.4) is 0 Å². The minimum Gasteiger partial charge on any atom is -0.319 e. The van der Waals surface area contributed by atoms with Gasteiger partial charge in [0.1, 0.15) is 0 Å². The third-order valence-electron chi connectivity index (χ3n) is 1.47. The molecule has 0 saturated heterocycles. The molecule has 14 heavy (non-hydrogen) atoms. The maximum Gasteiger partial charge on any atom is 0.266 e. The first-order valence-electron chi connectivity index (χ1n) is 3.78. The van der Waals surface area contributed by atoms with E-state index in [-0.39, 0.29) is 10.2 Å². The van der Waals surface area contributed by atoms with Crippen LogP contribution in [0.15, 0.2) is 23.9 Å². The number of amides is 1. The number of hydrogen-bond donors (Lipinski definition) is 1. The number of pyridine rings is 1. The van der Waals surface area contributed by atoms with E-state index in [0.29, 0.717) is 5.69 Å². The van der Waals surface area contributed by atoms with Crippen molar-refractivity contribution < 1.29 is 4.79 Å². The van der Waals surface area contributed by atoms with Gasteiger partial charge in [-0.3, -0.25) is 4.79 Å². The van der Waals surface area contributed by atoms with Crippen LogP contribution in [-0.4, -0.2) is 10.9 Å². The minimum absolute atomic E-state index is 0.0948. The van der Waals surface area contributed by atoms with Gasteiger partial charge in [-0.2, -0.15) is 0 Å². The van der Waals surface area contributed by atoms with Gasteiger partial charge in [-0.1, -0.05) is 29.8 Å². The van der Waals surface area contributed by atoms with Gasteiger partial charge in [-0.15, -0.1) is 0 Å². The average molecular weight is 231 g/mol. The molecule has 0 aliphatic heterocycles. The largest absolute Gasteiger partial charge is 0.319 e. The summed E-state index contributed by atoms with van der Waals surface area (Å²) >= 11 is 11.1. The van der Waals surface area contributed by atoms with Gasteiger partial charge < -0.3 is 5.32 Å². The molecule has 0 spiro atoms. The molecule has 0 aliphatic carbocycles. The summed E-state index contributed by atoms with van der Waals surface area (Å²) in [6, 6.07) is 1.70. The lowest BCUT2D eigenvalue weighted by atomic mass is 10.3. The molecule has 1 amide bonds. The van der Waals surface area contributed by atoms with E-state index in [1.54, 1.807) is 12.3 Å². The quantitative estimate of drug-likeness (QED) is 0.628. The van der Waals surface area contributed by atoms with Crippen LogP contribution in [0, 0.1) is 6.92 Å². The normalized spacial score (nSPS) is 9.64. The molecule has 1 aromatic heterocycles. The smallest absolute Gasteiger partial charge is 0.266 e. The van der Waals surface area contributed by atoms with E-state index in [0.717, 1.165) is 5.56 Å². The van der Waals surface area contributed by atoms with Crippen LogP contribution < -0.4 is 5.32 Å².